The summed E-state index contributed by atoms with van der Waals surface area (Å²) < 4.78 is 5.76. The lowest BCUT2D eigenvalue weighted by atomic mass is 10.1. The van der Waals surface area contributed by atoms with Gasteiger partial charge in [0, 0.05) is 11.5 Å². The second-order valence-corrected chi connectivity index (χ2v) is 6.94. The third kappa shape index (κ3) is 3.17. The highest BCUT2D eigenvalue weighted by atomic mass is 35.5. The van der Waals surface area contributed by atoms with E-state index in [9.17, 15) is 14.9 Å². The van der Waals surface area contributed by atoms with Gasteiger partial charge in [-0.15, -0.1) is 0 Å². The number of benzene rings is 3. The topological polar surface area (TPSA) is 85.2 Å². The minimum absolute atomic E-state index is 0.0553. The molecular weight excluding hydrogens is 403 g/mol. The summed E-state index contributed by atoms with van der Waals surface area (Å²) in [6.45, 7) is 0.282. The molecule has 0 saturated heterocycles. The van der Waals surface area contributed by atoms with Gasteiger partial charge in [-0.2, -0.15) is 0 Å². The Morgan fingerprint density at radius 3 is 2.50 bits per heavy atom. The molecule has 0 radical (unpaired) electrons. The highest BCUT2D eigenvalue weighted by Gasteiger charge is 2.19. The second kappa shape index (κ2) is 7.14. The molecular formula is C20H12Cl2N2O4. The first-order valence-electron chi connectivity index (χ1n) is 8.24. The average Bonchev–Trinajstić information content (AvgIpc) is 2.67. The van der Waals surface area contributed by atoms with Crippen LogP contribution in [0.3, 0.4) is 0 Å². The summed E-state index contributed by atoms with van der Waals surface area (Å²) in [5, 5.41) is 12.1. The number of halogens is 2. The summed E-state index contributed by atoms with van der Waals surface area (Å²) in [5.41, 5.74) is 0.700. The molecule has 0 bridgehead atoms. The molecule has 0 aliphatic heterocycles. The monoisotopic (exact) mass is 414 g/mol. The van der Waals surface area contributed by atoms with E-state index in [1.807, 2.05) is 30.3 Å². The lowest BCUT2D eigenvalue weighted by Crippen LogP contribution is -2.07. The summed E-state index contributed by atoms with van der Waals surface area (Å²) in [4.78, 5) is 26.7. The van der Waals surface area contributed by atoms with E-state index in [4.69, 9.17) is 27.9 Å². The van der Waals surface area contributed by atoms with Crippen LogP contribution in [0.15, 0.2) is 59.4 Å². The maximum Gasteiger partial charge on any atom is 0.293 e. The molecule has 0 unspecified atom stereocenters. The van der Waals surface area contributed by atoms with Gasteiger partial charge in [-0.05, 0) is 23.8 Å². The number of aromatic nitrogens is 1. The van der Waals surface area contributed by atoms with E-state index in [1.54, 1.807) is 0 Å². The molecule has 0 amide bonds. The fraction of sp³-hybridized carbons (Fsp3) is 0.0500. The van der Waals surface area contributed by atoms with E-state index in [-0.39, 0.29) is 38.6 Å². The van der Waals surface area contributed by atoms with Gasteiger partial charge in [0.05, 0.1) is 25.9 Å². The van der Waals surface area contributed by atoms with Gasteiger partial charge in [-0.3, -0.25) is 14.9 Å². The van der Waals surface area contributed by atoms with Crippen molar-refractivity contribution in [1.82, 2.24) is 4.98 Å². The largest absolute Gasteiger partial charge is 0.487 e. The number of non-ortho nitro benzene ring substituents is 1. The third-order valence-corrected chi connectivity index (χ3v) is 4.98. The van der Waals surface area contributed by atoms with Crippen molar-refractivity contribution < 1.29 is 9.66 Å². The number of hydrogen-bond acceptors (Lipinski definition) is 4. The minimum atomic E-state index is -0.570. The molecule has 140 valence electrons. The highest BCUT2D eigenvalue weighted by Crippen LogP contribution is 2.33. The van der Waals surface area contributed by atoms with Crippen molar-refractivity contribution in [2.45, 2.75) is 6.61 Å². The molecule has 4 aromatic rings. The smallest absolute Gasteiger partial charge is 0.293 e. The molecule has 0 fully saturated rings. The highest BCUT2D eigenvalue weighted by molar-refractivity contribution is 6.36. The standard InChI is InChI=1S/C20H12Cl2N2O4/c21-13-6-7-16(24(26)27)19-18(13)20(25)12-8-17(14(22)9-15(12)23-19)28-10-11-4-2-1-3-5-11/h1-9H,10H2,(H,23,25). The van der Waals surface area contributed by atoms with Gasteiger partial charge in [0.15, 0.2) is 5.43 Å². The van der Waals surface area contributed by atoms with Crippen LogP contribution in [0, 0.1) is 10.1 Å². The van der Waals surface area contributed by atoms with Gasteiger partial charge >= 0.3 is 0 Å². The van der Waals surface area contributed by atoms with Crippen molar-refractivity contribution in [2.24, 2.45) is 0 Å². The van der Waals surface area contributed by atoms with Gasteiger partial charge in [-0.1, -0.05) is 53.5 Å². The molecule has 0 aliphatic carbocycles. The lowest BCUT2D eigenvalue weighted by molar-refractivity contribution is -0.383. The van der Waals surface area contributed by atoms with Gasteiger partial charge < -0.3 is 9.72 Å². The van der Waals surface area contributed by atoms with Crippen molar-refractivity contribution in [2.75, 3.05) is 0 Å². The van der Waals surface area contributed by atoms with E-state index in [2.05, 4.69) is 4.98 Å². The molecule has 6 nitrogen and oxygen atoms in total. The summed E-state index contributed by atoms with van der Waals surface area (Å²) in [7, 11) is 0. The lowest BCUT2D eigenvalue weighted by Gasteiger charge is -2.11. The molecule has 0 spiro atoms. The number of hydrogen-bond donors (Lipinski definition) is 1. The fourth-order valence-electron chi connectivity index (χ4n) is 3.03. The van der Waals surface area contributed by atoms with Crippen LogP contribution in [0.25, 0.3) is 21.8 Å². The van der Waals surface area contributed by atoms with Crippen LogP contribution >= 0.6 is 23.2 Å². The second-order valence-electron chi connectivity index (χ2n) is 6.13. The van der Waals surface area contributed by atoms with Crippen molar-refractivity contribution in [3.8, 4) is 5.75 Å². The summed E-state index contributed by atoms with van der Waals surface area (Å²) >= 11 is 12.5. The number of rotatable bonds is 4. The number of H-pyrrole nitrogens is 1. The normalized spacial score (nSPS) is 11.1. The number of nitro groups is 1. The van der Waals surface area contributed by atoms with Crippen molar-refractivity contribution >= 4 is 50.7 Å². The van der Waals surface area contributed by atoms with Gasteiger partial charge in [0.25, 0.3) is 5.69 Å². The molecule has 1 aromatic heterocycles. The number of nitrogens with zero attached hydrogens (tertiary/aromatic N) is 1. The minimum Gasteiger partial charge on any atom is -0.487 e. The summed E-state index contributed by atoms with van der Waals surface area (Å²) in [5.74, 6) is 0.337. The van der Waals surface area contributed by atoms with Gasteiger partial charge in [-0.25, -0.2) is 0 Å². The Morgan fingerprint density at radius 2 is 1.79 bits per heavy atom. The molecule has 28 heavy (non-hydrogen) atoms. The first-order valence-corrected chi connectivity index (χ1v) is 9.00. The van der Waals surface area contributed by atoms with E-state index in [0.717, 1.165) is 5.56 Å². The molecule has 3 aromatic carbocycles. The SMILES string of the molecule is O=c1c2cc(OCc3ccccc3)c(Cl)cc2[nH]c2c([N+](=O)[O-])ccc(Cl)c12. The van der Waals surface area contributed by atoms with Crippen LogP contribution in [-0.4, -0.2) is 9.91 Å². The van der Waals surface area contributed by atoms with Crippen molar-refractivity contribution in [3.05, 3.63) is 90.5 Å². The molecule has 4 rings (SSSR count). The number of nitro benzene ring substituents is 1. The maximum atomic E-state index is 13.0. The Bertz CT molecular complexity index is 1290. The predicted molar refractivity (Wildman–Crippen MR) is 110 cm³/mol. The van der Waals surface area contributed by atoms with Gasteiger partial charge in [0.2, 0.25) is 0 Å². The van der Waals surface area contributed by atoms with E-state index >= 15 is 0 Å². The first-order chi connectivity index (χ1) is 13.5. The van der Waals surface area contributed by atoms with Crippen LogP contribution in [0.5, 0.6) is 5.75 Å². The van der Waals surface area contributed by atoms with E-state index in [1.165, 1.54) is 24.3 Å². The third-order valence-electron chi connectivity index (χ3n) is 4.37. The quantitative estimate of drug-likeness (QED) is 0.272. The molecule has 0 aliphatic rings. The maximum absolute atomic E-state index is 13.0. The van der Waals surface area contributed by atoms with Crippen LogP contribution in [-0.2, 0) is 6.61 Å². The Balaban J connectivity index is 1.88. The predicted octanol–water partition coefficient (Wildman–Crippen LogP) is 5.48. The number of ether oxygens (including phenoxy) is 1. The Kier molecular flexibility index (Phi) is 4.66. The van der Waals surface area contributed by atoms with E-state index in [0.29, 0.717) is 11.3 Å². The zero-order valence-corrected chi connectivity index (χ0v) is 15.8. The summed E-state index contributed by atoms with van der Waals surface area (Å²) in [6, 6.07) is 15.1. The average molecular weight is 415 g/mol. The Labute approximate surface area is 168 Å². The van der Waals surface area contributed by atoms with E-state index < -0.39 is 10.4 Å². The summed E-state index contributed by atoms with van der Waals surface area (Å²) in [6.07, 6.45) is 0. The molecule has 0 saturated carbocycles. The molecule has 1 heterocycles. The number of fused-ring (bicyclic) bond motifs is 2. The van der Waals surface area contributed by atoms with Crippen LogP contribution < -0.4 is 10.2 Å². The van der Waals surface area contributed by atoms with Crippen molar-refractivity contribution in [3.63, 3.8) is 0 Å². The Hall–Kier alpha value is -3.09. The van der Waals surface area contributed by atoms with Crippen LogP contribution in [0.2, 0.25) is 10.0 Å². The van der Waals surface area contributed by atoms with Crippen LogP contribution in [0.1, 0.15) is 5.56 Å². The zero-order chi connectivity index (χ0) is 19.8. The molecule has 8 heteroatoms. The molecule has 0 atom stereocenters. The van der Waals surface area contributed by atoms with Gasteiger partial charge in [0.1, 0.15) is 17.9 Å². The number of pyridine rings is 1. The Morgan fingerprint density at radius 1 is 1.04 bits per heavy atom. The molecule has 1 N–H and O–H groups in total. The van der Waals surface area contributed by atoms with Crippen molar-refractivity contribution in [1.29, 1.82) is 0 Å². The van der Waals surface area contributed by atoms with Crippen LogP contribution in [0.4, 0.5) is 5.69 Å². The first kappa shape index (κ1) is 18.3. The number of nitrogens with one attached hydrogen (secondary N) is 1. The number of aromatic amines is 1. The zero-order valence-electron chi connectivity index (χ0n) is 14.2. The fourth-order valence-corrected chi connectivity index (χ4v) is 3.49.